The summed E-state index contributed by atoms with van der Waals surface area (Å²) in [6, 6.07) is 8.15. The minimum absolute atomic E-state index is 0.103. The summed E-state index contributed by atoms with van der Waals surface area (Å²) in [6.07, 6.45) is 0.686. The van der Waals surface area contributed by atoms with Gasteiger partial charge in [0.25, 0.3) is 0 Å². The molecule has 0 radical (unpaired) electrons. The Balaban J connectivity index is 1.97. The number of carbonyl (C=O) groups excluding carboxylic acids is 1. The lowest BCUT2D eigenvalue weighted by atomic mass is 10.1. The number of ether oxygens (including phenoxy) is 1. The van der Waals surface area contributed by atoms with Crippen LogP contribution in [0.2, 0.25) is 0 Å². The topological polar surface area (TPSA) is 29.5 Å². The van der Waals surface area contributed by atoms with E-state index >= 15 is 0 Å². The van der Waals surface area contributed by atoms with Gasteiger partial charge in [0.15, 0.2) is 0 Å². The van der Waals surface area contributed by atoms with Crippen LogP contribution in [0.5, 0.6) is 0 Å². The Morgan fingerprint density at radius 2 is 2.05 bits per heavy atom. The average molecular weight is 326 g/mol. The van der Waals surface area contributed by atoms with Gasteiger partial charge in [0.05, 0.1) is 18.6 Å². The molecule has 1 aromatic rings. The molecule has 3 nitrogen and oxygen atoms in total. The number of alkyl halides is 1. The molecular weight excluding hydrogens is 306 g/mol. The molecule has 1 fully saturated rings. The van der Waals surface area contributed by atoms with Crippen LogP contribution in [0, 0.1) is 6.92 Å². The number of nitrogens with zero attached hydrogens (tertiary/aromatic N) is 1. The zero-order valence-electron chi connectivity index (χ0n) is 11.4. The third-order valence-electron chi connectivity index (χ3n) is 3.33. The molecule has 2 atom stereocenters. The largest absolute Gasteiger partial charge is 0.371 e. The van der Waals surface area contributed by atoms with Crippen molar-refractivity contribution in [3.05, 3.63) is 35.4 Å². The van der Waals surface area contributed by atoms with Crippen LogP contribution >= 0.6 is 15.9 Å². The maximum absolute atomic E-state index is 12.3. The minimum Gasteiger partial charge on any atom is -0.371 e. The van der Waals surface area contributed by atoms with Gasteiger partial charge in [-0.25, -0.2) is 0 Å². The second-order valence-corrected chi connectivity index (χ2v) is 5.83. The smallest absolute Gasteiger partial charge is 0.227 e. The van der Waals surface area contributed by atoms with E-state index in [1.807, 2.05) is 36.1 Å². The lowest BCUT2D eigenvalue weighted by Gasteiger charge is -2.36. The van der Waals surface area contributed by atoms with Crippen LogP contribution in [0.15, 0.2) is 24.3 Å². The zero-order chi connectivity index (χ0) is 13.8. The number of amides is 1. The van der Waals surface area contributed by atoms with Gasteiger partial charge in [0.2, 0.25) is 5.91 Å². The van der Waals surface area contributed by atoms with E-state index in [2.05, 4.69) is 22.9 Å². The highest BCUT2D eigenvalue weighted by Gasteiger charge is 2.27. The summed E-state index contributed by atoms with van der Waals surface area (Å²) in [5, 5.41) is 0.769. The van der Waals surface area contributed by atoms with Crippen molar-refractivity contribution in [2.24, 2.45) is 0 Å². The number of benzene rings is 1. The van der Waals surface area contributed by atoms with Crippen molar-refractivity contribution in [1.29, 1.82) is 0 Å². The van der Waals surface area contributed by atoms with Crippen molar-refractivity contribution in [1.82, 2.24) is 4.90 Å². The summed E-state index contributed by atoms with van der Waals surface area (Å²) < 4.78 is 5.74. The maximum Gasteiger partial charge on any atom is 0.227 e. The number of rotatable bonds is 3. The molecular formula is C15H20BrNO2. The van der Waals surface area contributed by atoms with Crippen LogP contribution in [0.25, 0.3) is 0 Å². The predicted molar refractivity (Wildman–Crippen MR) is 79.6 cm³/mol. The number of hydrogen-bond acceptors (Lipinski definition) is 2. The molecule has 1 aliphatic heterocycles. The van der Waals surface area contributed by atoms with E-state index in [4.69, 9.17) is 4.74 Å². The average Bonchev–Trinajstić information content (AvgIpc) is 2.40. The number of halogens is 1. The third kappa shape index (κ3) is 4.05. The fraction of sp³-hybridized carbons (Fsp3) is 0.533. The quantitative estimate of drug-likeness (QED) is 0.799. The summed E-state index contributed by atoms with van der Waals surface area (Å²) in [5.41, 5.74) is 2.29. The van der Waals surface area contributed by atoms with Crippen molar-refractivity contribution in [2.75, 3.05) is 18.4 Å². The highest BCUT2D eigenvalue weighted by Crippen LogP contribution is 2.15. The van der Waals surface area contributed by atoms with Crippen LogP contribution in [0.3, 0.4) is 0 Å². The van der Waals surface area contributed by atoms with Crippen LogP contribution < -0.4 is 0 Å². The Morgan fingerprint density at radius 3 is 2.68 bits per heavy atom. The van der Waals surface area contributed by atoms with Gasteiger partial charge in [-0.2, -0.15) is 0 Å². The Kier molecular flexibility index (Phi) is 4.99. The first-order chi connectivity index (χ1) is 9.08. The fourth-order valence-corrected chi connectivity index (χ4v) is 2.68. The summed E-state index contributed by atoms with van der Waals surface area (Å²) >= 11 is 3.43. The van der Waals surface area contributed by atoms with Gasteiger partial charge >= 0.3 is 0 Å². The van der Waals surface area contributed by atoms with Gasteiger partial charge in [0, 0.05) is 18.4 Å². The van der Waals surface area contributed by atoms with E-state index in [9.17, 15) is 4.79 Å². The Labute approximate surface area is 123 Å². The molecule has 0 spiro atoms. The molecule has 1 aromatic carbocycles. The molecule has 1 amide bonds. The second-order valence-electron chi connectivity index (χ2n) is 5.18. The number of aryl methyl sites for hydroxylation is 1. The van der Waals surface area contributed by atoms with Crippen LogP contribution in [-0.2, 0) is 16.0 Å². The molecule has 2 rings (SSSR count). The first kappa shape index (κ1) is 14.5. The van der Waals surface area contributed by atoms with E-state index in [1.165, 1.54) is 5.56 Å². The number of hydrogen-bond donors (Lipinski definition) is 0. The maximum atomic E-state index is 12.3. The standard InChI is InChI=1S/C15H20BrNO2/c1-11-3-5-13(6-4-11)7-15(18)17-9-12(2)19-14(8-16)10-17/h3-6,12,14H,7-10H2,1-2H3. The molecule has 0 saturated carbocycles. The van der Waals surface area contributed by atoms with Gasteiger partial charge in [-0.15, -0.1) is 0 Å². The van der Waals surface area contributed by atoms with Crippen LogP contribution in [0.4, 0.5) is 0 Å². The second kappa shape index (κ2) is 6.53. The van der Waals surface area contributed by atoms with Crippen molar-refractivity contribution in [3.8, 4) is 0 Å². The molecule has 1 saturated heterocycles. The summed E-state index contributed by atoms with van der Waals surface area (Å²) in [5.74, 6) is 0.185. The summed E-state index contributed by atoms with van der Waals surface area (Å²) in [7, 11) is 0. The van der Waals surface area contributed by atoms with Crippen molar-refractivity contribution in [2.45, 2.75) is 32.5 Å². The van der Waals surface area contributed by atoms with Crippen LogP contribution in [0.1, 0.15) is 18.1 Å². The van der Waals surface area contributed by atoms with Gasteiger partial charge < -0.3 is 9.64 Å². The molecule has 1 aliphatic rings. The third-order valence-corrected chi connectivity index (χ3v) is 4.05. The zero-order valence-corrected chi connectivity index (χ0v) is 13.0. The fourth-order valence-electron chi connectivity index (χ4n) is 2.33. The van der Waals surface area contributed by atoms with E-state index in [0.29, 0.717) is 19.5 Å². The van der Waals surface area contributed by atoms with Gasteiger partial charge in [0.1, 0.15) is 0 Å². The molecule has 104 valence electrons. The van der Waals surface area contributed by atoms with Crippen molar-refractivity contribution < 1.29 is 9.53 Å². The minimum atomic E-state index is 0.103. The molecule has 0 bridgehead atoms. The first-order valence-electron chi connectivity index (χ1n) is 6.63. The van der Waals surface area contributed by atoms with E-state index in [1.54, 1.807) is 0 Å². The SMILES string of the molecule is Cc1ccc(CC(=O)N2CC(C)OC(CBr)C2)cc1. The lowest BCUT2D eigenvalue weighted by molar-refractivity contribution is -0.142. The Bertz CT molecular complexity index is 432. The number of morpholine rings is 1. The molecule has 19 heavy (non-hydrogen) atoms. The lowest BCUT2D eigenvalue weighted by Crippen LogP contribution is -2.50. The highest BCUT2D eigenvalue weighted by atomic mass is 79.9. The molecule has 2 unspecified atom stereocenters. The van der Waals surface area contributed by atoms with Crippen molar-refractivity contribution in [3.63, 3.8) is 0 Å². The highest BCUT2D eigenvalue weighted by molar-refractivity contribution is 9.09. The van der Waals surface area contributed by atoms with E-state index < -0.39 is 0 Å². The molecule has 0 N–H and O–H groups in total. The normalized spacial score (nSPS) is 23.4. The first-order valence-corrected chi connectivity index (χ1v) is 7.75. The van der Waals surface area contributed by atoms with E-state index in [0.717, 1.165) is 10.9 Å². The van der Waals surface area contributed by atoms with Crippen molar-refractivity contribution >= 4 is 21.8 Å². The molecule has 0 aromatic heterocycles. The van der Waals surface area contributed by atoms with Gasteiger partial charge in [-0.05, 0) is 19.4 Å². The van der Waals surface area contributed by atoms with E-state index in [-0.39, 0.29) is 18.1 Å². The molecule has 4 heteroatoms. The summed E-state index contributed by atoms with van der Waals surface area (Å²) in [4.78, 5) is 14.2. The predicted octanol–water partition coefficient (Wildman–Crippen LogP) is 2.55. The Morgan fingerprint density at radius 1 is 1.37 bits per heavy atom. The van der Waals surface area contributed by atoms with Crippen LogP contribution in [-0.4, -0.2) is 41.4 Å². The Hall–Kier alpha value is -0.870. The van der Waals surface area contributed by atoms with Gasteiger partial charge in [-0.1, -0.05) is 45.8 Å². The monoisotopic (exact) mass is 325 g/mol. The van der Waals surface area contributed by atoms with Gasteiger partial charge in [-0.3, -0.25) is 4.79 Å². The molecule has 0 aliphatic carbocycles. The number of carbonyl (C=O) groups is 1. The summed E-state index contributed by atoms with van der Waals surface area (Å²) in [6.45, 7) is 5.44. The molecule has 1 heterocycles.